The molecule has 0 radical (unpaired) electrons. The summed E-state index contributed by atoms with van der Waals surface area (Å²) >= 11 is 0. The van der Waals surface area contributed by atoms with Gasteiger partial charge in [-0.05, 0) is 61.9 Å². The van der Waals surface area contributed by atoms with E-state index in [0.717, 1.165) is 46.1 Å². The molecule has 0 aliphatic carbocycles. The number of fused-ring (bicyclic) bond motifs is 3. The fourth-order valence-electron chi connectivity index (χ4n) is 4.19. The molecule has 6 nitrogen and oxygen atoms in total. The average Bonchev–Trinajstić information content (AvgIpc) is 3.26. The maximum absolute atomic E-state index is 6.50. The number of benzene rings is 2. The van der Waals surface area contributed by atoms with E-state index in [9.17, 15) is 0 Å². The monoisotopic (exact) mass is 415 g/mol. The molecule has 6 heteroatoms. The predicted molar refractivity (Wildman–Crippen MR) is 119 cm³/mol. The summed E-state index contributed by atoms with van der Waals surface area (Å²) in [6.45, 7) is 5.21. The Labute approximate surface area is 182 Å². The Morgan fingerprint density at radius 2 is 1.74 bits per heavy atom. The first-order chi connectivity index (χ1) is 15.3. The van der Waals surface area contributed by atoms with Crippen LogP contribution < -0.4 is 14.2 Å². The normalized spacial score (nSPS) is 19.2. The third kappa shape index (κ3) is 3.58. The van der Waals surface area contributed by atoms with Crippen molar-refractivity contribution in [2.24, 2.45) is 5.10 Å². The number of nitrogens with zero attached hydrogens (tertiary/aromatic N) is 3. The van der Waals surface area contributed by atoms with E-state index in [1.165, 1.54) is 0 Å². The van der Waals surface area contributed by atoms with Crippen molar-refractivity contribution in [3.8, 4) is 17.2 Å². The van der Waals surface area contributed by atoms with Crippen LogP contribution in [0, 0.1) is 0 Å². The third-order valence-electron chi connectivity index (χ3n) is 5.57. The minimum atomic E-state index is -0.345. The van der Waals surface area contributed by atoms with Crippen LogP contribution in [0.4, 0.5) is 0 Å². The van der Waals surface area contributed by atoms with Gasteiger partial charge in [0.2, 0.25) is 6.23 Å². The molecule has 0 saturated heterocycles. The highest BCUT2D eigenvalue weighted by Gasteiger charge is 2.42. The molecular formula is C25H25N3O3. The smallest absolute Gasteiger partial charge is 0.214 e. The van der Waals surface area contributed by atoms with Crippen molar-refractivity contribution in [3.05, 3.63) is 83.7 Å². The largest absolute Gasteiger partial charge is 0.494 e. The number of hydrazone groups is 1. The lowest BCUT2D eigenvalue weighted by atomic mass is 9.95. The van der Waals surface area contributed by atoms with Gasteiger partial charge in [0.1, 0.15) is 5.75 Å². The van der Waals surface area contributed by atoms with Gasteiger partial charge in [-0.3, -0.25) is 4.98 Å². The van der Waals surface area contributed by atoms with Gasteiger partial charge in [0.15, 0.2) is 11.5 Å². The fraction of sp³-hybridized carbons (Fsp3) is 0.280. The highest BCUT2D eigenvalue weighted by atomic mass is 16.5. The molecule has 158 valence electrons. The molecule has 31 heavy (non-hydrogen) atoms. The van der Waals surface area contributed by atoms with E-state index < -0.39 is 0 Å². The molecule has 3 heterocycles. The first kappa shape index (κ1) is 19.4. The van der Waals surface area contributed by atoms with Gasteiger partial charge in [-0.15, -0.1) is 0 Å². The molecule has 0 spiro atoms. The van der Waals surface area contributed by atoms with Gasteiger partial charge < -0.3 is 14.2 Å². The Morgan fingerprint density at radius 1 is 0.968 bits per heavy atom. The number of rotatable bonds is 6. The SMILES string of the molecule is CCOc1ccc(C2=NN3C(C2)c2cccc(OCC)c2OC3c2ccncc2)cc1. The Kier molecular flexibility index (Phi) is 5.20. The van der Waals surface area contributed by atoms with Gasteiger partial charge in [-0.2, -0.15) is 5.10 Å². The molecule has 2 atom stereocenters. The summed E-state index contributed by atoms with van der Waals surface area (Å²) < 4.78 is 18.0. The number of ether oxygens (including phenoxy) is 3. The molecule has 0 saturated carbocycles. The molecule has 0 amide bonds. The molecule has 3 aromatic rings. The summed E-state index contributed by atoms with van der Waals surface area (Å²) in [6.07, 6.45) is 4.01. The maximum Gasteiger partial charge on any atom is 0.214 e. The second-order valence-electron chi connectivity index (χ2n) is 7.46. The van der Waals surface area contributed by atoms with Gasteiger partial charge in [0.25, 0.3) is 0 Å². The molecule has 0 N–H and O–H groups in total. The number of pyridine rings is 1. The van der Waals surface area contributed by atoms with Crippen molar-refractivity contribution in [2.75, 3.05) is 13.2 Å². The predicted octanol–water partition coefficient (Wildman–Crippen LogP) is 5.12. The second-order valence-corrected chi connectivity index (χ2v) is 7.46. The highest BCUT2D eigenvalue weighted by Crippen LogP contribution is 2.50. The van der Waals surface area contributed by atoms with Crippen LogP contribution >= 0.6 is 0 Å². The molecule has 2 unspecified atom stereocenters. The summed E-state index contributed by atoms with van der Waals surface area (Å²) in [6, 6.07) is 18.2. The van der Waals surface area contributed by atoms with Crippen LogP contribution in [-0.2, 0) is 0 Å². The zero-order valence-corrected chi connectivity index (χ0v) is 17.7. The first-order valence-corrected chi connectivity index (χ1v) is 10.7. The van der Waals surface area contributed by atoms with Crippen LogP contribution in [-0.4, -0.2) is 28.9 Å². The molecule has 5 rings (SSSR count). The summed E-state index contributed by atoms with van der Waals surface area (Å²) in [4.78, 5) is 4.16. The summed E-state index contributed by atoms with van der Waals surface area (Å²) in [5.74, 6) is 2.44. The minimum absolute atomic E-state index is 0.0730. The first-order valence-electron chi connectivity index (χ1n) is 10.7. The van der Waals surface area contributed by atoms with E-state index in [0.29, 0.717) is 13.2 Å². The summed E-state index contributed by atoms with van der Waals surface area (Å²) in [7, 11) is 0. The number of hydrogen-bond acceptors (Lipinski definition) is 6. The van der Waals surface area contributed by atoms with Crippen LogP contribution in [0.15, 0.2) is 72.1 Å². The molecule has 2 aliphatic rings. The summed E-state index contributed by atoms with van der Waals surface area (Å²) in [5, 5.41) is 7.08. The lowest BCUT2D eigenvalue weighted by Crippen LogP contribution is -2.33. The topological polar surface area (TPSA) is 56.2 Å². The van der Waals surface area contributed by atoms with Crippen LogP contribution in [0.25, 0.3) is 0 Å². The van der Waals surface area contributed by atoms with Crippen molar-refractivity contribution < 1.29 is 14.2 Å². The molecule has 2 aliphatic heterocycles. The van der Waals surface area contributed by atoms with E-state index in [2.05, 4.69) is 28.2 Å². The maximum atomic E-state index is 6.50. The highest BCUT2D eigenvalue weighted by molar-refractivity contribution is 6.02. The van der Waals surface area contributed by atoms with Gasteiger partial charge in [-0.1, -0.05) is 12.1 Å². The zero-order chi connectivity index (χ0) is 21.2. The molecule has 2 aromatic carbocycles. The lowest BCUT2D eigenvalue weighted by Gasteiger charge is -2.38. The van der Waals surface area contributed by atoms with Crippen LogP contribution in [0.3, 0.4) is 0 Å². The van der Waals surface area contributed by atoms with E-state index in [1.54, 1.807) is 12.4 Å². The fourth-order valence-corrected chi connectivity index (χ4v) is 4.19. The Bertz CT molecular complexity index is 1080. The molecular weight excluding hydrogens is 390 g/mol. The summed E-state index contributed by atoms with van der Waals surface area (Å²) in [5.41, 5.74) is 4.23. The lowest BCUT2D eigenvalue weighted by molar-refractivity contribution is -0.0212. The number of hydrogen-bond donors (Lipinski definition) is 0. The Hall–Kier alpha value is -3.54. The number of aromatic nitrogens is 1. The van der Waals surface area contributed by atoms with Gasteiger partial charge in [0.05, 0.1) is 25.0 Å². The quantitative estimate of drug-likeness (QED) is 0.559. The standard InChI is InChI=1S/C25H25N3O3/c1-3-29-19-10-8-17(9-11-19)21-16-22-20-6-5-7-23(30-4-2)24(20)31-25(28(22)27-21)18-12-14-26-15-13-18/h5-15,22,25H,3-4,16H2,1-2H3. The molecule has 1 aromatic heterocycles. The van der Waals surface area contributed by atoms with Crippen molar-refractivity contribution in [1.82, 2.24) is 9.99 Å². The van der Waals surface area contributed by atoms with E-state index in [-0.39, 0.29) is 12.3 Å². The number of para-hydroxylation sites is 1. The van der Waals surface area contributed by atoms with Crippen LogP contribution in [0.1, 0.15) is 49.2 Å². The second kappa shape index (κ2) is 8.30. The van der Waals surface area contributed by atoms with E-state index in [1.807, 2.05) is 50.2 Å². The van der Waals surface area contributed by atoms with Crippen molar-refractivity contribution in [2.45, 2.75) is 32.5 Å². The van der Waals surface area contributed by atoms with Gasteiger partial charge in [-0.25, -0.2) is 5.01 Å². The van der Waals surface area contributed by atoms with E-state index >= 15 is 0 Å². The van der Waals surface area contributed by atoms with Crippen molar-refractivity contribution >= 4 is 5.71 Å². The van der Waals surface area contributed by atoms with Gasteiger partial charge >= 0.3 is 0 Å². The van der Waals surface area contributed by atoms with Gasteiger partial charge in [0, 0.05) is 29.9 Å². The molecule has 0 fully saturated rings. The average molecular weight is 415 g/mol. The Morgan fingerprint density at radius 3 is 2.48 bits per heavy atom. The van der Waals surface area contributed by atoms with Crippen molar-refractivity contribution in [1.29, 1.82) is 0 Å². The molecule has 0 bridgehead atoms. The zero-order valence-electron chi connectivity index (χ0n) is 17.7. The van der Waals surface area contributed by atoms with E-state index in [4.69, 9.17) is 19.3 Å². The van der Waals surface area contributed by atoms with Crippen LogP contribution in [0.2, 0.25) is 0 Å². The van der Waals surface area contributed by atoms with Crippen LogP contribution in [0.5, 0.6) is 17.2 Å². The van der Waals surface area contributed by atoms with Crippen molar-refractivity contribution in [3.63, 3.8) is 0 Å². The Balaban J connectivity index is 1.55. The minimum Gasteiger partial charge on any atom is -0.494 e. The third-order valence-corrected chi connectivity index (χ3v) is 5.57.